The second-order valence-electron chi connectivity index (χ2n) is 5.35. The fourth-order valence-corrected chi connectivity index (χ4v) is 2.56. The Morgan fingerprint density at radius 3 is 2.86 bits per heavy atom. The van der Waals surface area contributed by atoms with E-state index in [2.05, 4.69) is 5.32 Å². The lowest BCUT2D eigenvalue weighted by Gasteiger charge is -2.28. The average molecular weight is 294 g/mol. The van der Waals surface area contributed by atoms with E-state index < -0.39 is 11.0 Å². The van der Waals surface area contributed by atoms with E-state index >= 15 is 0 Å². The van der Waals surface area contributed by atoms with Gasteiger partial charge in [-0.1, -0.05) is 19.4 Å². The fourth-order valence-electron chi connectivity index (χ4n) is 2.56. The Hall–Kier alpha value is -1.66. The van der Waals surface area contributed by atoms with Crippen molar-refractivity contribution in [3.8, 4) is 5.75 Å². The molecule has 0 amide bonds. The zero-order chi connectivity index (χ0) is 15.2. The van der Waals surface area contributed by atoms with E-state index in [4.69, 9.17) is 4.74 Å². The molecule has 0 bridgehead atoms. The van der Waals surface area contributed by atoms with Gasteiger partial charge in [0, 0.05) is 12.6 Å². The van der Waals surface area contributed by atoms with Crippen molar-refractivity contribution >= 4 is 5.69 Å². The first-order valence-corrected chi connectivity index (χ1v) is 7.44. The van der Waals surface area contributed by atoms with Crippen LogP contribution in [0, 0.1) is 10.1 Å². The molecule has 2 unspecified atom stereocenters. The van der Waals surface area contributed by atoms with Crippen LogP contribution in [0.2, 0.25) is 0 Å². The van der Waals surface area contributed by atoms with Crippen LogP contribution in [0.4, 0.5) is 5.69 Å². The number of rotatable bonds is 6. The monoisotopic (exact) mass is 294 g/mol. The molecule has 0 aliphatic heterocycles. The van der Waals surface area contributed by atoms with Crippen LogP contribution in [-0.2, 0) is 6.54 Å². The quantitative estimate of drug-likeness (QED) is 0.621. The third-order valence-corrected chi connectivity index (χ3v) is 3.75. The normalized spacial score (nSPS) is 22.0. The van der Waals surface area contributed by atoms with Crippen molar-refractivity contribution in [3.05, 3.63) is 33.9 Å². The van der Waals surface area contributed by atoms with Crippen LogP contribution in [0.1, 0.15) is 38.2 Å². The second kappa shape index (κ2) is 7.38. The first kappa shape index (κ1) is 15.7. The van der Waals surface area contributed by atoms with Gasteiger partial charge in [-0.2, -0.15) is 0 Å². The van der Waals surface area contributed by atoms with Crippen molar-refractivity contribution in [2.45, 2.75) is 51.4 Å². The molecule has 0 radical (unpaired) electrons. The molecule has 1 aliphatic rings. The SMILES string of the molecule is CCNCc1ccc(OC2CCCCC2O)c([N+](=O)[O-])c1. The Balaban J connectivity index is 2.15. The van der Waals surface area contributed by atoms with E-state index in [0.29, 0.717) is 13.0 Å². The number of benzene rings is 1. The van der Waals surface area contributed by atoms with Crippen LogP contribution in [-0.4, -0.2) is 28.8 Å². The van der Waals surface area contributed by atoms with Gasteiger partial charge in [0.15, 0.2) is 5.75 Å². The summed E-state index contributed by atoms with van der Waals surface area (Å²) in [6.07, 6.45) is 2.49. The predicted octanol–water partition coefficient (Wildman–Crippen LogP) is 2.39. The summed E-state index contributed by atoms with van der Waals surface area (Å²) >= 11 is 0. The van der Waals surface area contributed by atoms with Crippen molar-refractivity contribution < 1.29 is 14.8 Å². The molecule has 1 saturated carbocycles. The minimum Gasteiger partial charge on any atom is -0.481 e. The molecule has 2 N–H and O–H groups in total. The molecule has 0 heterocycles. The zero-order valence-corrected chi connectivity index (χ0v) is 12.2. The Morgan fingerprint density at radius 2 is 2.19 bits per heavy atom. The predicted molar refractivity (Wildman–Crippen MR) is 79.4 cm³/mol. The highest BCUT2D eigenvalue weighted by molar-refractivity contribution is 5.48. The number of nitrogens with one attached hydrogen (secondary N) is 1. The van der Waals surface area contributed by atoms with Crippen molar-refractivity contribution in [1.82, 2.24) is 5.32 Å². The van der Waals surface area contributed by atoms with Crippen LogP contribution >= 0.6 is 0 Å². The molecule has 0 spiro atoms. The molecule has 6 heteroatoms. The molecule has 6 nitrogen and oxygen atoms in total. The summed E-state index contributed by atoms with van der Waals surface area (Å²) < 4.78 is 5.71. The van der Waals surface area contributed by atoms with Gasteiger partial charge < -0.3 is 15.2 Å². The minimum absolute atomic E-state index is 0.0387. The zero-order valence-electron chi connectivity index (χ0n) is 12.2. The van der Waals surface area contributed by atoms with Crippen LogP contribution < -0.4 is 10.1 Å². The summed E-state index contributed by atoms with van der Waals surface area (Å²) in [6, 6.07) is 4.99. The van der Waals surface area contributed by atoms with E-state index in [1.807, 2.05) is 13.0 Å². The molecule has 1 fully saturated rings. The number of aliphatic hydroxyl groups is 1. The molecule has 21 heavy (non-hydrogen) atoms. The van der Waals surface area contributed by atoms with Gasteiger partial charge in [0.05, 0.1) is 11.0 Å². The highest BCUT2D eigenvalue weighted by atomic mass is 16.6. The Kier molecular flexibility index (Phi) is 5.52. The molecule has 0 saturated heterocycles. The summed E-state index contributed by atoms with van der Waals surface area (Å²) in [5.74, 6) is 0.242. The third-order valence-electron chi connectivity index (χ3n) is 3.75. The van der Waals surface area contributed by atoms with Crippen LogP contribution in [0.3, 0.4) is 0 Å². The summed E-state index contributed by atoms with van der Waals surface area (Å²) in [5, 5.41) is 24.3. The van der Waals surface area contributed by atoms with E-state index in [1.54, 1.807) is 6.07 Å². The van der Waals surface area contributed by atoms with Gasteiger partial charge in [0.2, 0.25) is 0 Å². The lowest BCUT2D eigenvalue weighted by Crippen LogP contribution is -2.34. The standard InChI is InChI=1S/C15H22N2O4/c1-2-16-10-11-7-8-14(12(9-11)17(19)20)21-15-6-4-3-5-13(15)18/h7-9,13,15-16,18H,2-6,10H2,1H3. The minimum atomic E-state index is -0.542. The molecule has 1 aliphatic carbocycles. The molecule has 116 valence electrons. The molecule has 0 aromatic heterocycles. The first-order chi connectivity index (χ1) is 10.1. The largest absolute Gasteiger partial charge is 0.481 e. The number of nitrogens with zero attached hydrogens (tertiary/aromatic N) is 1. The van der Waals surface area contributed by atoms with E-state index in [1.165, 1.54) is 6.07 Å². The summed E-state index contributed by atoms with van der Waals surface area (Å²) in [7, 11) is 0. The number of aliphatic hydroxyl groups excluding tert-OH is 1. The van der Waals surface area contributed by atoms with E-state index in [-0.39, 0.29) is 17.5 Å². The molecule has 2 rings (SSSR count). The number of nitro benzene ring substituents is 1. The van der Waals surface area contributed by atoms with Gasteiger partial charge in [-0.25, -0.2) is 0 Å². The van der Waals surface area contributed by atoms with Gasteiger partial charge in [-0.3, -0.25) is 10.1 Å². The van der Waals surface area contributed by atoms with Gasteiger partial charge in [0.1, 0.15) is 6.10 Å². The molecule has 2 atom stereocenters. The van der Waals surface area contributed by atoms with Crippen LogP contribution in [0.5, 0.6) is 5.75 Å². The lowest BCUT2D eigenvalue weighted by molar-refractivity contribution is -0.386. The van der Waals surface area contributed by atoms with Crippen molar-refractivity contribution in [2.24, 2.45) is 0 Å². The van der Waals surface area contributed by atoms with Crippen molar-refractivity contribution in [3.63, 3.8) is 0 Å². The third kappa shape index (κ3) is 4.15. The topological polar surface area (TPSA) is 84.6 Å². The Bertz CT molecular complexity index is 493. The van der Waals surface area contributed by atoms with Crippen molar-refractivity contribution in [2.75, 3.05) is 6.54 Å². The Labute approximate surface area is 124 Å². The second-order valence-corrected chi connectivity index (χ2v) is 5.35. The van der Waals surface area contributed by atoms with Crippen molar-refractivity contribution in [1.29, 1.82) is 0 Å². The summed E-state index contributed by atoms with van der Waals surface area (Å²) in [5.41, 5.74) is 0.809. The van der Waals surface area contributed by atoms with Crippen LogP contribution in [0.15, 0.2) is 18.2 Å². The van der Waals surface area contributed by atoms with E-state index in [0.717, 1.165) is 31.4 Å². The van der Waals surface area contributed by atoms with Gasteiger partial charge in [-0.15, -0.1) is 0 Å². The summed E-state index contributed by atoms with van der Waals surface area (Å²) in [4.78, 5) is 10.8. The first-order valence-electron chi connectivity index (χ1n) is 7.44. The highest BCUT2D eigenvalue weighted by Crippen LogP contribution is 2.31. The Morgan fingerprint density at radius 1 is 1.43 bits per heavy atom. The number of hydrogen-bond donors (Lipinski definition) is 2. The van der Waals surface area contributed by atoms with Gasteiger partial charge in [-0.05, 0) is 37.4 Å². The maximum absolute atomic E-state index is 11.2. The highest BCUT2D eigenvalue weighted by Gasteiger charge is 2.27. The molecular formula is C15H22N2O4. The molecule has 1 aromatic carbocycles. The molecular weight excluding hydrogens is 272 g/mol. The summed E-state index contributed by atoms with van der Waals surface area (Å²) in [6.45, 7) is 3.38. The fraction of sp³-hybridized carbons (Fsp3) is 0.600. The number of hydrogen-bond acceptors (Lipinski definition) is 5. The lowest BCUT2D eigenvalue weighted by atomic mass is 9.95. The average Bonchev–Trinajstić information content (AvgIpc) is 2.48. The number of ether oxygens (including phenoxy) is 1. The van der Waals surface area contributed by atoms with Crippen LogP contribution in [0.25, 0.3) is 0 Å². The molecule has 1 aromatic rings. The maximum atomic E-state index is 11.2. The van der Waals surface area contributed by atoms with Gasteiger partial charge >= 0.3 is 5.69 Å². The smallest absolute Gasteiger partial charge is 0.311 e. The van der Waals surface area contributed by atoms with E-state index in [9.17, 15) is 15.2 Å². The number of nitro groups is 1. The van der Waals surface area contributed by atoms with Gasteiger partial charge in [0.25, 0.3) is 0 Å². The maximum Gasteiger partial charge on any atom is 0.311 e.